The van der Waals surface area contributed by atoms with Gasteiger partial charge in [-0.3, -0.25) is 4.79 Å². The number of fused-ring (bicyclic) bond motifs is 3. The van der Waals surface area contributed by atoms with Crippen LogP contribution in [0, 0.1) is 6.92 Å². The number of hydrogen-bond acceptors (Lipinski definition) is 4. The molecule has 5 heteroatoms. The van der Waals surface area contributed by atoms with Gasteiger partial charge < -0.3 is 9.72 Å². The number of hydrogen-bond donors (Lipinski definition) is 1. The topological polar surface area (TPSA) is 72.1 Å². The molecule has 1 aromatic carbocycles. The van der Waals surface area contributed by atoms with Crippen molar-refractivity contribution in [3.05, 3.63) is 41.6 Å². The molecule has 0 saturated heterocycles. The van der Waals surface area contributed by atoms with Gasteiger partial charge in [0.2, 0.25) is 0 Å². The van der Waals surface area contributed by atoms with Crippen molar-refractivity contribution in [1.29, 1.82) is 0 Å². The lowest BCUT2D eigenvalue weighted by Crippen LogP contribution is -2.15. The van der Waals surface area contributed by atoms with E-state index in [9.17, 15) is 9.59 Å². The predicted molar refractivity (Wildman–Crippen MR) is 74.7 cm³/mol. The van der Waals surface area contributed by atoms with Crippen molar-refractivity contribution < 1.29 is 14.3 Å². The number of Topliss-reactive ketones (excluding diaryl/α,β-unsaturated/α-hetero) is 1. The summed E-state index contributed by atoms with van der Waals surface area (Å²) in [5.41, 5.74) is 2.86. The summed E-state index contributed by atoms with van der Waals surface area (Å²) in [7, 11) is 1.19. The molecular weight excluding hydrogens is 256 g/mol. The van der Waals surface area contributed by atoms with E-state index >= 15 is 0 Å². The second-order valence-electron chi connectivity index (χ2n) is 4.55. The zero-order valence-electron chi connectivity index (χ0n) is 11.1. The number of benzene rings is 1. The van der Waals surface area contributed by atoms with Crippen LogP contribution in [0.1, 0.15) is 16.1 Å². The Labute approximate surface area is 114 Å². The normalized spacial score (nSPS) is 10.9. The third kappa shape index (κ3) is 1.84. The van der Waals surface area contributed by atoms with Gasteiger partial charge in [0.05, 0.1) is 7.11 Å². The van der Waals surface area contributed by atoms with E-state index in [0.717, 1.165) is 27.6 Å². The molecular formula is C15H12N2O3. The van der Waals surface area contributed by atoms with E-state index in [4.69, 9.17) is 0 Å². The Morgan fingerprint density at radius 2 is 1.95 bits per heavy atom. The summed E-state index contributed by atoms with van der Waals surface area (Å²) >= 11 is 0. The minimum Gasteiger partial charge on any atom is -0.463 e. The molecule has 0 amide bonds. The van der Waals surface area contributed by atoms with Crippen molar-refractivity contribution in [3.8, 4) is 0 Å². The molecule has 0 atom stereocenters. The number of rotatable bonds is 2. The van der Waals surface area contributed by atoms with Crippen LogP contribution in [0.15, 0.2) is 30.3 Å². The van der Waals surface area contributed by atoms with Crippen LogP contribution in [0.2, 0.25) is 0 Å². The molecule has 3 aromatic rings. The first kappa shape index (κ1) is 12.3. The number of H-pyrrole nitrogens is 1. The molecule has 100 valence electrons. The first-order chi connectivity index (χ1) is 9.60. The number of aromatic nitrogens is 2. The molecule has 0 unspecified atom stereocenters. The average molecular weight is 268 g/mol. The molecule has 0 aliphatic heterocycles. The number of pyridine rings is 1. The number of aryl methyl sites for hydroxylation is 1. The zero-order chi connectivity index (χ0) is 14.3. The standard InChI is InChI=1S/C15H12N2O3/c1-8-3-5-10-11-7-9(13(18)15(19)20-2)4-6-12(11)17-14(10)16-8/h3-7H,1-2H3,(H,16,17). The summed E-state index contributed by atoms with van der Waals surface area (Å²) in [6.45, 7) is 1.91. The first-order valence-electron chi connectivity index (χ1n) is 6.12. The van der Waals surface area contributed by atoms with Crippen LogP contribution in [0.3, 0.4) is 0 Å². The van der Waals surface area contributed by atoms with E-state index in [0.29, 0.717) is 5.56 Å². The molecule has 0 saturated carbocycles. The largest absolute Gasteiger partial charge is 0.463 e. The van der Waals surface area contributed by atoms with Crippen molar-refractivity contribution in [2.75, 3.05) is 7.11 Å². The van der Waals surface area contributed by atoms with Gasteiger partial charge in [0.1, 0.15) is 5.65 Å². The molecule has 0 bridgehead atoms. The highest BCUT2D eigenvalue weighted by Gasteiger charge is 2.17. The van der Waals surface area contributed by atoms with Gasteiger partial charge in [0.25, 0.3) is 5.78 Å². The number of carbonyl (C=O) groups is 2. The van der Waals surface area contributed by atoms with Crippen LogP contribution < -0.4 is 0 Å². The molecule has 20 heavy (non-hydrogen) atoms. The fourth-order valence-electron chi connectivity index (χ4n) is 2.22. The van der Waals surface area contributed by atoms with Crippen molar-refractivity contribution in [2.24, 2.45) is 0 Å². The highest BCUT2D eigenvalue weighted by Crippen LogP contribution is 2.25. The van der Waals surface area contributed by atoms with Gasteiger partial charge in [-0.2, -0.15) is 0 Å². The van der Waals surface area contributed by atoms with Crippen LogP contribution in [0.5, 0.6) is 0 Å². The van der Waals surface area contributed by atoms with E-state index in [1.54, 1.807) is 18.2 Å². The monoisotopic (exact) mass is 268 g/mol. The Morgan fingerprint density at radius 3 is 2.70 bits per heavy atom. The molecule has 0 aliphatic carbocycles. The number of nitrogens with one attached hydrogen (secondary N) is 1. The second kappa shape index (κ2) is 4.45. The quantitative estimate of drug-likeness (QED) is 0.440. The summed E-state index contributed by atoms with van der Waals surface area (Å²) in [5.74, 6) is -1.51. The Kier molecular flexibility index (Phi) is 2.75. The third-order valence-corrected chi connectivity index (χ3v) is 3.23. The minimum atomic E-state index is -0.863. The number of ether oxygens (including phenoxy) is 1. The molecule has 1 N–H and O–H groups in total. The van der Waals surface area contributed by atoms with Gasteiger partial charge in [-0.15, -0.1) is 0 Å². The molecule has 2 heterocycles. The summed E-state index contributed by atoms with van der Waals surface area (Å²) in [6.07, 6.45) is 0. The van der Waals surface area contributed by atoms with Crippen LogP contribution in [0.4, 0.5) is 0 Å². The van der Waals surface area contributed by atoms with Gasteiger partial charge in [-0.1, -0.05) is 0 Å². The van der Waals surface area contributed by atoms with E-state index in [1.165, 1.54) is 7.11 Å². The summed E-state index contributed by atoms with van der Waals surface area (Å²) in [4.78, 5) is 30.7. The van der Waals surface area contributed by atoms with Crippen LogP contribution >= 0.6 is 0 Å². The van der Waals surface area contributed by atoms with Crippen LogP contribution in [0.25, 0.3) is 21.9 Å². The van der Waals surface area contributed by atoms with Gasteiger partial charge in [-0.25, -0.2) is 9.78 Å². The number of carbonyl (C=O) groups excluding carboxylic acids is 2. The van der Waals surface area contributed by atoms with E-state index in [-0.39, 0.29) is 0 Å². The van der Waals surface area contributed by atoms with Gasteiger partial charge in [0.15, 0.2) is 0 Å². The average Bonchev–Trinajstić information content (AvgIpc) is 2.81. The lowest BCUT2D eigenvalue weighted by Gasteiger charge is -1.99. The summed E-state index contributed by atoms with van der Waals surface area (Å²) < 4.78 is 4.45. The SMILES string of the molecule is COC(=O)C(=O)c1ccc2[nH]c3nc(C)ccc3c2c1. The van der Waals surface area contributed by atoms with E-state index < -0.39 is 11.8 Å². The second-order valence-corrected chi connectivity index (χ2v) is 4.55. The highest BCUT2D eigenvalue weighted by atomic mass is 16.5. The number of methoxy groups -OCH3 is 1. The third-order valence-electron chi connectivity index (χ3n) is 3.23. The summed E-state index contributed by atoms with van der Waals surface area (Å²) in [5, 5.41) is 1.78. The van der Waals surface area contributed by atoms with Crippen LogP contribution in [-0.2, 0) is 9.53 Å². The number of nitrogens with zero attached hydrogens (tertiary/aromatic N) is 1. The molecule has 2 aromatic heterocycles. The molecule has 0 fully saturated rings. The summed E-state index contributed by atoms with van der Waals surface area (Å²) in [6, 6.07) is 8.91. The first-order valence-corrected chi connectivity index (χ1v) is 6.12. The molecule has 5 nitrogen and oxygen atoms in total. The fraction of sp³-hybridized carbons (Fsp3) is 0.133. The lowest BCUT2D eigenvalue weighted by molar-refractivity contribution is -0.135. The maximum Gasteiger partial charge on any atom is 0.379 e. The highest BCUT2D eigenvalue weighted by molar-refractivity contribution is 6.41. The van der Waals surface area contributed by atoms with Gasteiger partial charge in [-0.05, 0) is 37.3 Å². The number of ketones is 1. The Hall–Kier alpha value is -2.69. The van der Waals surface area contributed by atoms with E-state index in [2.05, 4.69) is 14.7 Å². The van der Waals surface area contributed by atoms with Gasteiger partial charge in [0, 0.05) is 27.5 Å². The van der Waals surface area contributed by atoms with Crippen LogP contribution in [-0.4, -0.2) is 28.8 Å². The molecule has 0 spiro atoms. The van der Waals surface area contributed by atoms with Gasteiger partial charge >= 0.3 is 5.97 Å². The number of aromatic amines is 1. The zero-order valence-corrected chi connectivity index (χ0v) is 11.1. The predicted octanol–water partition coefficient (Wildman–Crippen LogP) is 2.38. The molecule has 0 aliphatic rings. The Morgan fingerprint density at radius 1 is 1.15 bits per heavy atom. The number of esters is 1. The Bertz CT molecular complexity index is 849. The lowest BCUT2D eigenvalue weighted by atomic mass is 10.1. The molecule has 0 radical (unpaired) electrons. The van der Waals surface area contributed by atoms with Crippen molar-refractivity contribution in [1.82, 2.24) is 9.97 Å². The smallest absolute Gasteiger partial charge is 0.379 e. The maximum atomic E-state index is 11.8. The van der Waals surface area contributed by atoms with Crippen molar-refractivity contribution >= 4 is 33.7 Å². The van der Waals surface area contributed by atoms with E-state index in [1.807, 2.05) is 19.1 Å². The minimum absolute atomic E-state index is 0.311. The molecule has 3 rings (SSSR count). The Balaban J connectivity index is 2.22. The fourth-order valence-corrected chi connectivity index (χ4v) is 2.22. The maximum absolute atomic E-state index is 11.8. The van der Waals surface area contributed by atoms with Crippen molar-refractivity contribution in [2.45, 2.75) is 6.92 Å². The van der Waals surface area contributed by atoms with Crippen molar-refractivity contribution in [3.63, 3.8) is 0 Å².